The Morgan fingerprint density at radius 1 is 1.27 bits per heavy atom. The monoisotopic (exact) mass is 365 g/mol. The van der Waals surface area contributed by atoms with Crippen LogP contribution in [0, 0.1) is 0 Å². The highest BCUT2D eigenvalue weighted by molar-refractivity contribution is 7.21. The third-order valence-corrected chi connectivity index (χ3v) is 5.71. The highest BCUT2D eigenvalue weighted by Crippen LogP contribution is 2.30. The van der Waals surface area contributed by atoms with Crippen LogP contribution in [0.4, 0.5) is 0 Å². The zero-order chi connectivity index (χ0) is 18.1. The van der Waals surface area contributed by atoms with Crippen LogP contribution in [0.25, 0.3) is 20.8 Å². The maximum atomic E-state index is 13.0. The highest BCUT2D eigenvalue weighted by Gasteiger charge is 2.32. The molecular weight excluding hydrogens is 346 g/mol. The van der Waals surface area contributed by atoms with Crippen molar-refractivity contribution in [3.63, 3.8) is 0 Å². The van der Waals surface area contributed by atoms with Gasteiger partial charge in [-0.25, -0.2) is 4.98 Å². The SMILES string of the molecule is CCC1C(=O)NCCN1C(=O)c1cccc(-c2nc3ccccc3s2)c1. The number of nitrogens with one attached hydrogen (secondary N) is 1. The van der Waals surface area contributed by atoms with E-state index in [1.807, 2.05) is 49.4 Å². The first-order chi connectivity index (χ1) is 12.7. The van der Waals surface area contributed by atoms with Gasteiger partial charge in [-0.2, -0.15) is 0 Å². The van der Waals surface area contributed by atoms with E-state index in [1.54, 1.807) is 22.3 Å². The van der Waals surface area contributed by atoms with Crippen LogP contribution in [0.15, 0.2) is 48.5 Å². The largest absolute Gasteiger partial charge is 0.353 e. The number of thiazole rings is 1. The van der Waals surface area contributed by atoms with Gasteiger partial charge in [0.1, 0.15) is 11.0 Å². The maximum absolute atomic E-state index is 13.0. The lowest BCUT2D eigenvalue weighted by Crippen LogP contribution is -2.56. The molecule has 0 radical (unpaired) electrons. The van der Waals surface area contributed by atoms with Gasteiger partial charge < -0.3 is 10.2 Å². The maximum Gasteiger partial charge on any atom is 0.254 e. The Morgan fingerprint density at radius 2 is 2.12 bits per heavy atom. The lowest BCUT2D eigenvalue weighted by Gasteiger charge is -2.34. The Balaban J connectivity index is 1.66. The summed E-state index contributed by atoms with van der Waals surface area (Å²) in [6, 6.07) is 15.1. The van der Waals surface area contributed by atoms with Crippen LogP contribution in [0.5, 0.6) is 0 Å². The van der Waals surface area contributed by atoms with Crippen molar-refractivity contribution in [2.24, 2.45) is 0 Å². The number of amides is 2. The van der Waals surface area contributed by atoms with E-state index in [1.165, 1.54) is 0 Å². The van der Waals surface area contributed by atoms with Crippen molar-refractivity contribution < 1.29 is 9.59 Å². The number of para-hydroxylation sites is 1. The number of piperazine rings is 1. The van der Waals surface area contributed by atoms with Gasteiger partial charge in [0.2, 0.25) is 5.91 Å². The average molecular weight is 365 g/mol. The Morgan fingerprint density at radius 3 is 2.92 bits per heavy atom. The molecule has 1 fully saturated rings. The minimum Gasteiger partial charge on any atom is -0.353 e. The van der Waals surface area contributed by atoms with Gasteiger partial charge in [0, 0.05) is 24.2 Å². The summed E-state index contributed by atoms with van der Waals surface area (Å²) in [4.78, 5) is 31.4. The molecule has 1 N–H and O–H groups in total. The standard InChI is InChI=1S/C20H19N3O2S/c1-2-16-18(24)21-10-11-23(16)20(25)14-7-5-6-13(12-14)19-22-15-8-3-4-9-17(15)26-19/h3-9,12,16H,2,10-11H2,1H3,(H,21,24). The number of fused-ring (bicyclic) bond motifs is 1. The summed E-state index contributed by atoms with van der Waals surface area (Å²) < 4.78 is 1.12. The van der Waals surface area contributed by atoms with Crippen LogP contribution in [0.3, 0.4) is 0 Å². The van der Waals surface area contributed by atoms with Crippen LogP contribution in [-0.2, 0) is 4.79 Å². The topological polar surface area (TPSA) is 62.3 Å². The zero-order valence-electron chi connectivity index (χ0n) is 14.4. The van der Waals surface area contributed by atoms with Gasteiger partial charge in [-0.1, -0.05) is 31.2 Å². The fourth-order valence-corrected chi connectivity index (χ4v) is 4.27. The predicted octanol–water partition coefficient (Wildman–Crippen LogP) is 3.31. The Labute approximate surface area is 155 Å². The molecule has 0 spiro atoms. The molecule has 0 bridgehead atoms. The molecule has 2 amide bonds. The summed E-state index contributed by atoms with van der Waals surface area (Å²) in [7, 11) is 0. The molecule has 5 nitrogen and oxygen atoms in total. The molecule has 1 aliphatic rings. The smallest absolute Gasteiger partial charge is 0.254 e. The third-order valence-electron chi connectivity index (χ3n) is 4.63. The quantitative estimate of drug-likeness (QED) is 0.774. The Kier molecular flexibility index (Phi) is 4.42. The first-order valence-electron chi connectivity index (χ1n) is 8.72. The summed E-state index contributed by atoms with van der Waals surface area (Å²) in [5.41, 5.74) is 2.48. The number of benzene rings is 2. The summed E-state index contributed by atoms with van der Waals surface area (Å²) in [6.45, 7) is 2.96. The van der Waals surface area contributed by atoms with Crippen LogP contribution in [0.2, 0.25) is 0 Å². The van der Waals surface area contributed by atoms with Gasteiger partial charge in [0.05, 0.1) is 10.2 Å². The molecule has 1 unspecified atom stereocenters. The molecule has 0 aliphatic carbocycles. The zero-order valence-corrected chi connectivity index (χ0v) is 15.3. The molecule has 2 aromatic carbocycles. The van der Waals surface area contributed by atoms with Gasteiger partial charge in [-0.3, -0.25) is 9.59 Å². The van der Waals surface area contributed by atoms with Crippen molar-refractivity contribution in [2.75, 3.05) is 13.1 Å². The van der Waals surface area contributed by atoms with Crippen molar-refractivity contribution in [2.45, 2.75) is 19.4 Å². The van der Waals surface area contributed by atoms with E-state index >= 15 is 0 Å². The van der Waals surface area contributed by atoms with Gasteiger partial charge in [0.25, 0.3) is 5.91 Å². The number of nitrogens with zero attached hydrogens (tertiary/aromatic N) is 2. The second-order valence-electron chi connectivity index (χ2n) is 6.28. The first-order valence-corrected chi connectivity index (χ1v) is 9.53. The van der Waals surface area contributed by atoms with E-state index in [9.17, 15) is 9.59 Å². The summed E-state index contributed by atoms with van der Waals surface area (Å²) in [5, 5.41) is 3.72. The lowest BCUT2D eigenvalue weighted by atomic mass is 10.1. The van der Waals surface area contributed by atoms with Gasteiger partial charge in [-0.05, 0) is 30.7 Å². The molecule has 1 atom stereocenters. The second-order valence-corrected chi connectivity index (χ2v) is 7.31. The molecule has 6 heteroatoms. The van der Waals surface area contributed by atoms with Gasteiger partial charge in [-0.15, -0.1) is 11.3 Å². The van der Waals surface area contributed by atoms with Gasteiger partial charge in [0.15, 0.2) is 0 Å². The number of hydrogen-bond acceptors (Lipinski definition) is 4. The van der Waals surface area contributed by atoms with E-state index in [4.69, 9.17) is 0 Å². The molecule has 4 rings (SSSR count). The molecule has 3 aromatic rings. The van der Waals surface area contributed by atoms with Gasteiger partial charge >= 0.3 is 0 Å². The molecule has 1 aromatic heterocycles. The number of aromatic nitrogens is 1. The Bertz CT molecular complexity index is 949. The summed E-state index contributed by atoms with van der Waals surface area (Å²) in [6.07, 6.45) is 0.606. The van der Waals surface area contributed by atoms with Crippen molar-refractivity contribution in [1.82, 2.24) is 15.2 Å². The van der Waals surface area contributed by atoms with E-state index in [0.29, 0.717) is 25.1 Å². The highest BCUT2D eigenvalue weighted by atomic mass is 32.1. The summed E-state index contributed by atoms with van der Waals surface area (Å²) in [5.74, 6) is -0.177. The third kappa shape index (κ3) is 2.97. The van der Waals surface area contributed by atoms with E-state index in [2.05, 4.69) is 10.3 Å². The van der Waals surface area contributed by atoms with Crippen molar-refractivity contribution in [3.05, 3.63) is 54.1 Å². The fraction of sp³-hybridized carbons (Fsp3) is 0.250. The minimum absolute atomic E-state index is 0.0746. The van der Waals surface area contributed by atoms with Crippen molar-refractivity contribution in [3.8, 4) is 10.6 Å². The average Bonchev–Trinajstić information content (AvgIpc) is 3.11. The first kappa shape index (κ1) is 16.7. The molecular formula is C20H19N3O2S. The fourth-order valence-electron chi connectivity index (χ4n) is 3.31. The Hall–Kier alpha value is -2.73. The number of hydrogen-bond donors (Lipinski definition) is 1. The summed E-state index contributed by atoms with van der Waals surface area (Å²) >= 11 is 1.61. The molecule has 1 saturated heterocycles. The van der Waals surface area contributed by atoms with E-state index in [-0.39, 0.29) is 11.8 Å². The van der Waals surface area contributed by atoms with Crippen LogP contribution in [-0.4, -0.2) is 40.8 Å². The lowest BCUT2D eigenvalue weighted by molar-refractivity contribution is -0.127. The van der Waals surface area contributed by atoms with Crippen LogP contribution >= 0.6 is 11.3 Å². The van der Waals surface area contributed by atoms with Crippen LogP contribution < -0.4 is 5.32 Å². The molecule has 2 heterocycles. The number of rotatable bonds is 3. The van der Waals surface area contributed by atoms with Crippen LogP contribution in [0.1, 0.15) is 23.7 Å². The normalized spacial score (nSPS) is 17.3. The molecule has 0 saturated carbocycles. The molecule has 1 aliphatic heterocycles. The molecule has 132 valence electrons. The predicted molar refractivity (Wildman–Crippen MR) is 103 cm³/mol. The van der Waals surface area contributed by atoms with Crippen molar-refractivity contribution in [1.29, 1.82) is 0 Å². The molecule has 26 heavy (non-hydrogen) atoms. The second kappa shape index (κ2) is 6.88. The van der Waals surface area contributed by atoms with E-state index < -0.39 is 6.04 Å². The number of carbonyl (C=O) groups is 2. The minimum atomic E-state index is -0.401. The van der Waals surface area contributed by atoms with Crippen molar-refractivity contribution >= 4 is 33.4 Å². The van der Waals surface area contributed by atoms with E-state index in [0.717, 1.165) is 20.8 Å². The number of carbonyl (C=O) groups excluding carboxylic acids is 2.